The second kappa shape index (κ2) is 5.31. The minimum absolute atomic E-state index is 0.0863. The lowest BCUT2D eigenvalue weighted by atomic mass is 10.1. The fourth-order valence-electron chi connectivity index (χ4n) is 1.04. The van der Waals surface area contributed by atoms with E-state index in [1.165, 1.54) is 6.92 Å². The number of Topliss-reactive ketones (excluding diaryl/α,β-unsaturated/α-hetero) is 1. The molecule has 0 aliphatic heterocycles. The highest BCUT2D eigenvalue weighted by atomic mass is 79.9. The highest BCUT2D eigenvalue weighted by Gasteiger charge is 2.26. The first-order valence-electron chi connectivity index (χ1n) is 4.44. The third kappa shape index (κ3) is 2.66. The molecule has 17 heavy (non-hydrogen) atoms. The Morgan fingerprint density at radius 3 is 2.35 bits per heavy atom. The SMILES string of the molecule is CCOC(=O)C(=O)c1cc(Br)c(F)c(F)c1F. The molecule has 92 valence electrons. The quantitative estimate of drug-likeness (QED) is 0.283. The van der Waals surface area contributed by atoms with E-state index < -0.39 is 39.2 Å². The Morgan fingerprint density at radius 2 is 1.82 bits per heavy atom. The molecule has 0 saturated heterocycles. The van der Waals surface area contributed by atoms with Crippen LogP contribution in [0.4, 0.5) is 13.2 Å². The Bertz CT molecular complexity index is 488. The zero-order chi connectivity index (χ0) is 13.2. The van der Waals surface area contributed by atoms with Crippen LogP contribution in [0.2, 0.25) is 0 Å². The lowest BCUT2D eigenvalue weighted by Crippen LogP contribution is -2.19. The minimum atomic E-state index is -1.83. The van der Waals surface area contributed by atoms with Crippen molar-refractivity contribution in [3.63, 3.8) is 0 Å². The molecule has 7 heteroatoms. The maximum Gasteiger partial charge on any atom is 0.379 e. The van der Waals surface area contributed by atoms with E-state index in [1.807, 2.05) is 0 Å². The van der Waals surface area contributed by atoms with Gasteiger partial charge in [-0.3, -0.25) is 4.79 Å². The standard InChI is InChI=1S/C10H6BrF3O3/c1-2-17-10(16)9(15)4-3-5(11)7(13)8(14)6(4)12/h3H,2H2,1H3. The normalized spacial score (nSPS) is 10.2. The van der Waals surface area contributed by atoms with E-state index in [2.05, 4.69) is 20.7 Å². The van der Waals surface area contributed by atoms with Gasteiger partial charge in [-0.05, 0) is 28.9 Å². The molecule has 1 rings (SSSR count). The smallest absolute Gasteiger partial charge is 0.379 e. The summed E-state index contributed by atoms with van der Waals surface area (Å²) in [6, 6.07) is 0.688. The summed E-state index contributed by atoms with van der Waals surface area (Å²) >= 11 is 2.60. The summed E-state index contributed by atoms with van der Waals surface area (Å²) in [5.74, 6) is -7.72. The van der Waals surface area contributed by atoms with Crippen molar-refractivity contribution in [1.82, 2.24) is 0 Å². The molecule has 0 aliphatic rings. The maximum atomic E-state index is 13.2. The van der Waals surface area contributed by atoms with Crippen LogP contribution in [-0.4, -0.2) is 18.4 Å². The van der Waals surface area contributed by atoms with Gasteiger partial charge < -0.3 is 4.74 Å². The summed E-state index contributed by atoms with van der Waals surface area (Å²) < 4.78 is 43.0. The second-order valence-corrected chi connectivity index (χ2v) is 3.75. The number of rotatable bonds is 3. The minimum Gasteiger partial charge on any atom is -0.460 e. The van der Waals surface area contributed by atoms with Gasteiger partial charge in [0.05, 0.1) is 16.6 Å². The lowest BCUT2D eigenvalue weighted by molar-refractivity contribution is -0.137. The molecule has 3 nitrogen and oxygen atoms in total. The van der Waals surface area contributed by atoms with Crippen LogP contribution in [0.3, 0.4) is 0 Å². The summed E-state index contributed by atoms with van der Waals surface area (Å²) in [4.78, 5) is 22.4. The molecule has 0 unspecified atom stereocenters. The topological polar surface area (TPSA) is 43.4 Å². The summed E-state index contributed by atoms with van der Waals surface area (Å²) in [6.07, 6.45) is 0. The molecule has 0 radical (unpaired) electrons. The maximum absolute atomic E-state index is 13.2. The number of hydrogen-bond acceptors (Lipinski definition) is 3. The van der Waals surface area contributed by atoms with Crippen molar-refractivity contribution in [3.8, 4) is 0 Å². The molecule has 0 amide bonds. The molecule has 0 fully saturated rings. The van der Waals surface area contributed by atoms with Gasteiger partial charge in [-0.2, -0.15) is 0 Å². The Morgan fingerprint density at radius 1 is 1.24 bits per heavy atom. The van der Waals surface area contributed by atoms with Gasteiger partial charge in [0.15, 0.2) is 17.5 Å². The molecule has 0 aliphatic carbocycles. The van der Waals surface area contributed by atoms with Crippen molar-refractivity contribution in [2.45, 2.75) is 6.92 Å². The van der Waals surface area contributed by atoms with Crippen molar-refractivity contribution in [3.05, 3.63) is 33.6 Å². The first kappa shape index (κ1) is 13.7. The highest BCUT2D eigenvalue weighted by Crippen LogP contribution is 2.24. The molecular formula is C10H6BrF3O3. The number of carbonyl (C=O) groups is 2. The van der Waals surface area contributed by atoms with Crippen LogP contribution in [0.1, 0.15) is 17.3 Å². The Kier molecular flexibility index (Phi) is 4.28. The molecule has 1 aromatic carbocycles. The number of hydrogen-bond donors (Lipinski definition) is 0. The number of esters is 1. The van der Waals surface area contributed by atoms with Gasteiger partial charge in [-0.15, -0.1) is 0 Å². The average molecular weight is 311 g/mol. The molecule has 0 N–H and O–H groups in total. The van der Waals surface area contributed by atoms with Crippen molar-refractivity contribution >= 4 is 27.7 Å². The van der Waals surface area contributed by atoms with E-state index in [4.69, 9.17) is 0 Å². The number of ether oxygens (including phenoxy) is 1. The van der Waals surface area contributed by atoms with E-state index in [9.17, 15) is 22.8 Å². The van der Waals surface area contributed by atoms with E-state index in [-0.39, 0.29) is 6.61 Å². The molecular weight excluding hydrogens is 305 g/mol. The van der Waals surface area contributed by atoms with E-state index in [0.29, 0.717) is 6.07 Å². The summed E-state index contributed by atoms with van der Waals surface area (Å²) in [5.41, 5.74) is -0.880. The Balaban J connectivity index is 3.24. The Hall–Kier alpha value is -1.37. The van der Waals surface area contributed by atoms with Crippen LogP contribution in [0.25, 0.3) is 0 Å². The van der Waals surface area contributed by atoms with Crippen LogP contribution in [0.5, 0.6) is 0 Å². The van der Waals surface area contributed by atoms with Crippen molar-refractivity contribution in [2.75, 3.05) is 6.61 Å². The lowest BCUT2D eigenvalue weighted by Gasteiger charge is -2.05. The molecule has 0 heterocycles. The van der Waals surface area contributed by atoms with Crippen molar-refractivity contribution in [1.29, 1.82) is 0 Å². The van der Waals surface area contributed by atoms with Gasteiger partial charge in [0.1, 0.15) is 0 Å². The van der Waals surface area contributed by atoms with Crippen LogP contribution >= 0.6 is 15.9 Å². The van der Waals surface area contributed by atoms with E-state index in [0.717, 1.165) is 0 Å². The van der Waals surface area contributed by atoms with Gasteiger partial charge in [0.25, 0.3) is 5.78 Å². The fraction of sp³-hybridized carbons (Fsp3) is 0.200. The number of ketones is 1. The summed E-state index contributed by atoms with van der Waals surface area (Å²) in [6.45, 7) is 1.36. The zero-order valence-electron chi connectivity index (χ0n) is 8.52. The zero-order valence-corrected chi connectivity index (χ0v) is 10.1. The predicted octanol–water partition coefficient (Wildman–Crippen LogP) is 2.61. The summed E-state index contributed by atoms with van der Waals surface area (Å²) in [5, 5.41) is 0. The molecule has 0 bridgehead atoms. The molecule has 0 saturated carbocycles. The largest absolute Gasteiger partial charge is 0.460 e. The number of benzene rings is 1. The van der Waals surface area contributed by atoms with Gasteiger partial charge in [0.2, 0.25) is 0 Å². The van der Waals surface area contributed by atoms with Crippen molar-refractivity contribution < 1.29 is 27.5 Å². The van der Waals surface area contributed by atoms with Crippen LogP contribution < -0.4 is 0 Å². The highest BCUT2D eigenvalue weighted by molar-refractivity contribution is 9.10. The van der Waals surface area contributed by atoms with Crippen LogP contribution in [0.15, 0.2) is 10.5 Å². The van der Waals surface area contributed by atoms with Gasteiger partial charge in [-0.25, -0.2) is 18.0 Å². The van der Waals surface area contributed by atoms with Gasteiger partial charge in [-0.1, -0.05) is 0 Å². The van der Waals surface area contributed by atoms with Crippen LogP contribution in [-0.2, 0) is 9.53 Å². The third-order valence-electron chi connectivity index (χ3n) is 1.81. The first-order valence-corrected chi connectivity index (χ1v) is 5.23. The second-order valence-electron chi connectivity index (χ2n) is 2.90. The van der Waals surface area contributed by atoms with E-state index >= 15 is 0 Å². The third-order valence-corrected chi connectivity index (χ3v) is 2.39. The molecule has 0 atom stereocenters. The Labute approximate surface area is 103 Å². The van der Waals surface area contributed by atoms with Gasteiger partial charge >= 0.3 is 5.97 Å². The summed E-state index contributed by atoms with van der Waals surface area (Å²) in [7, 11) is 0. The van der Waals surface area contributed by atoms with Gasteiger partial charge in [0, 0.05) is 0 Å². The molecule has 0 spiro atoms. The van der Waals surface area contributed by atoms with Crippen LogP contribution in [0, 0.1) is 17.5 Å². The molecule has 0 aromatic heterocycles. The number of halogens is 4. The fourth-order valence-corrected chi connectivity index (χ4v) is 1.45. The first-order chi connectivity index (χ1) is 7.90. The predicted molar refractivity (Wildman–Crippen MR) is 55.0 cm³/mol. The monoisotopic (exact) mass is 310 g/mol. The van der Waals surface area contributed by atoms with E-state index in [1.54, 1.807) is 0 Å². The van der Waals surface area contributed by atoms with Crippen molar-refractivity contribution in [2.24, 2.45) is 0 Å². The number of carbonyl (C=O) groups excluding carboxylic acids is 2. The average Bonchev–Trinajstić information content (AvgIpc) is 2.30. The molecule has 1 aromatic rings.